The summed E-state index contributed by atoms with van der Waals surface area (Å²) in [6.07, 6.45) is 0. The molecule has 1 amide bonds. The number of nitrogens with zero attached hydrogens (tertiary/aromatic N) is 2. The minimum absolute atomic E-state index is 0.229. The highest BCUT2D eigenvalue weighted by Crippen LogP contribution is 2.21. The molecule has 0 aliphatic heterocycles. The summed E-state index contributed by atoms with van der Waals surface area (Å²) in [5, 5.41) is 3.28. The third-order valence-electron chi connectivity index (χ3n) is 3.48. The van der Waals surface area contributed by atoms with Crippen LogP contribution in [0.4, 0.5) is 5.69 Å². The number of halogens is 1. The smallest absolute Gasteiger partial charge is 0.257 e. The Morgan fingerprint density at radius 1 is 1.24 bits per heavy atom. The maximum absolute atomic E-state index is 12.2. The third-order valence-corrected chi connectivity index (χ3v) is 3.81. The quantitative estimate of drug-likeness (QED) is 0.782. The van der Waals surface area contributed by atoms with Gasteiger partial charge in [0.1, 0.15) is 5.82 Å². The van der Waals surface area contributed by atoms with Crippen molar-refractivity contribution < 1.29 is 4.79 Å². The molecule has 0 spiro atoms. The SMILES string of the molecule is Cc1nc2cc(NC(=O)c3ccccc3Cl)ccc2n1C. The van der Waals surface area contributed by atoms with Gasteiger partial charge >= 0.3 is 0 Å². The fraction of sp³-hybridized carbons (Fsp3) is 0.125. The molecule has 0 saturated carbocycles. The lowest BCUT2D eigenvalue weighted by molar-refractivity contribution is 0.102. The van der Waals surface area contributed by atoms with Crippen LogP contribution in [0.2, 0.25) is 5.02 Å². The molecule has 4 nitrogen and oxygen atoms in total. The Hall–Kier alpha value is -2.33. The first-order valence-electron chi connectivity index (χ1n) is 6.55. The average Bonchev–Trinajstić information content (AvgIpc) is 2.74. The number of hydrogen-bond donors (Lipinski definition) is 1. The van der Waals surface area contributed by atoms with Crippen LogP contribution < -0.4 is 5.32 Å². The number of nitrogens with one attached hydrogen (secondary N) is 1. The van der Waals surface area contributed by atoms with E-state index >= 15 is 0 Å². The molecule has 106 valence electrons. The largest absolute Gasteiger partial charge is 0.331 e. The number of aryl methyl sites for hydroxylation is 2. The van der Waals surface area contributed by atoms with Crippen LogP contribution in [0.5, 0.6) is 0 Å². The summed E-state index contributed by atoms with van der Waals surface area (Å²) in [5.74, 6) is 0.701. The van der Waals surface area contributed by atoms with Gasteiger partial charge in [-0.05, 0) is 37.3 Å². The number of aromatic nitrogens is 2. The van der Waals surface area contributed by atoms with Crippen molar-refractivity contribution in [1.82, 2.24) is 9.55 Å². The van der Waals surface area contributed by atoms with E-state index in [0.717, 1.165) is 16.9 Å². The molecular weight excluding hydrogens is 286 g/mol. The highest BCUT2D eigenvalue weighted by Gasteiger charge is 2.11. The molecule has 21 heavy (non-hydrogen) atoms. The molecule has 0 saturated heterocycles. The second kappa shape index (κ2) is 5.22. The number of carbonyl (C=O) groups excluding carboxylic acids is 1. The molecule has 0 radical (unpaired) electrons. The number of fused-ring (bicyclic) bond motifs is 1. The molecule has 0 bridgehead atoms. The highest BCUT2D eigenvalue weighted by atomic mass is 35.5. The second-order valence-electron chi connectivity index (χ2n) is 4.86. The summed E-state index contributed by atoms with van der Waals surface area (Å²) >= 11 is 6.03. The zero-order valence-corrected chi connectivity index (χ0v) is 12.5. The van der Waals surface area contributed by atoms with Gasteiger partial charge in [-0.15, -0.1) is 0 Å². The van der Waals surface area contributed by atoms with Crippen LogP contribution in [0.1, 0.15) is 16.2 Å². The molecule has 0 unspecified atom stereocenters. The van der Waals surface area contributed by atoms with Crippen molar-refractivity contribution in [1.29, 1.82) is 0 Å². The van der Waals surface area contributed by atoms with Gasteiger partial charge in [0.2, 0.25) is 0 Å². The highest BCUT2D eigenvalue weighted by molar-refractivity contribution is 6.34. The van der Waals surface area contributed by atoms with E-state index in [1.165, 1.54) is 0 Å². The predicted octanol–water partition coefficient (Wildman–Crippen LogP) is 3.79. The number of hydrogen-bond acceptors (Lipinski definition) is 2. The van der Waals surface area contributed by atoms with Crippen molar-refractivity contribution in [3.8, 4) is 0 Å². The molecule has 1 heterocycles. The lowest BCUT2D eigenvalue weighted by Crippen LogP contribution is -2.12. The Kier molecular flexibility index (Phi) is 3.39. The van der Waals surface area contributed by atoms with E-state index < -0.39 is 0 Å². The van der Waals surface area contributed by atoms with Gasteiger partial charge in [0.05, 0.1) is 21.6 Å². The molecular formula is C16H14ClN3O. The minimum atomic E-state index is -0.229. The Morgan fingerprint density at radius 2 is 2.00 bits per heavy atom. The standard InChI is InChI=1S/C16H14ClN3O/c1-10-18-14-9-11(7-8-15(14)20(10)2)19-16(21)12-5-3-4-6-13(12)17/h3-9H,1-2H3,(H,19,21). The van der Waals surface area contributed by atoms with Crippen LogP contribution >= 0.6 is 11.6 Å². The lowest BCUT2D eigenvalue weighted by atomic mass is 10.2. The van der Waals surface area contributed by atoms with Gasteiger partial charge in [-0.2, -0.15) is 0 Å². The number of rotatable bonds is 2. The maximum Gasteiger partial charge on any atom is 0.257 e. The van der Waals surface area contributed by atoms with Gasteiger partial charge in [0.25, 0.3) is 5.91 Å². The summed E-state index contributed by atoms with van der Waals surface area (Å²) < 4.78 is 2.01. The zero-order valence-electron chi connectivity index (χ0n) is 11.7. The molecule has 0 atom stereocenters. The fourth-order valence-electron chi connectivity index (χ4n) is 2.24. The van der Waals surface area contributed by atoms with E-state index in [4.69, 9.17) is 11.6 Å². The number of benzene rings is 2. The van der Waals surface area contributed by atoms with E-state index in [0.29, 0.717) is 16.3 Å². The molecule has 0 fully saturated rings. The zero-order chi connectivity index (χ0) is 15.0. The molecule has 0 aliphatic rings. The monoisotopic (exact) mass is 299 g/mol. The normalized spacial score (nSPS) is 10.8. The van der Waals surface area contributed by atoms with Crippen molar-refractivity contribution in [2.24, 2.45) is 7.05 Å². The Balaban J connectivity index is 1.91. The number of carbonyl (C=O) groups is 1. The van der Waals surface area contributed by atoms with Gasteiger partial charge in [0, 0.05) is 12.7 Å². The van der Waals surface area contributed by atoms with Crippen LogP contribution in [-0.2, 0) is 7.05 Å². The third kappa shape index (κ3) is 2.50. The van der Waals surface area contributed by atoms with E-state index in [-0.39, 0.29) is 5.91 Å². The Bertz CT molecular complexity index is 839. The van der Waals surface area contributed by atoms with E-state index in [1.54, 1.807) is 24.3 Å². The second-order valence-corrected chi connectivity index (χ2v) is 5.26. The van der Waals surface area contributed by atoms with Crippen molar-refractivity contribution in [2.45, 2.75) is 6.92 Å². The molecule has 3 aromatic rings. The number of imidazole rings is 1. The summed E-state index contributed by atoms with van der Waals surface area (Å²) in [7, 11) is 1.96. The number of anilines is 1. The van der Waals surface area contributed by atoms with Crippen LogP contribution in [0, 0.1) is 6.92 Å². The summed E-state index contributed by atoms with van der Waals surface area (Å²) in [6, 6.07) is 12.6. The summed E-state index contributed by atoms with van der Waals surface area (Å²) in [6.45, 7) is 1.95. The van der Waals surface area contributed by atoms with Crippen molar-refractivity contribution in [2.75, 3.05) is 5.32 Å². The molecule has 0 aliphatic carbocycles. The van der Waals surface area contributed by atoms with Crippen LogP contribution in [0.15, 0.2) is 42.5 Å². The first-order valence-corrected chi connectivity index (χ1v) is 6.93. The molecule has 5 heteroatoms. The van der Waals surface area contributed by atoms with Crippen LogP contribution in [0.3, 0.4) is 0 Å². The van der Waals surface area contributed by atoms with Crippen molar-refractivity contribution in [3.05, 3.63) is 58.9 Å². The molecule has 2 aromatic carbocycles. The van der Waals surface area contributed by atoms with Crippen LogP contribution in [0.25, 0.3) is 11.0 Å². The van der Waals surface area contributed by atoms with E-state index in [1.807, 2.05) is 36.7 Å². The molecule has 1 N–H and O–H groups in total. The van der Waals surface area contributed by atoms with Crippen molar-refractivity contribution in [3.63, 3.8) is 0 Å². The van der Waals surface area contributed by atoms with Crippen molar-refractivity contribution >= 4 is 34.2 Å². The fourth-order valence-corrected chi connectivity index (χ4v) is 2.46. The Labute approximate surface area is 127 Å². The van der Waals surface area contributed by atoms with Crippen LogP contribution in [-0.4, -0.2) is 15.5 Å². The number of amides is 1. The Morgan fingerprint density at radius 3 is 2.76 bits per heavy atom. The average molecular weight is 300 g/mol. The molecule has 1 aromatic heterocycles. The van der Waals surface area contributed by atoms with Gasteiger partial charge < -0.3 is 9.88 Å². The van der Waals surface area contributed by atoms with Gasteiger partial charge in [0.15, 0.2) is 0 Å². The first-order chi connectivity index (χ1) is 10.1. The minimum Gasteiger partial charge on any atom is -0.331 e. The first kappa shape index (κ1) is 13.6. The van der Waals surface area contributed by atoms with Gasteiger partial charge in [-0.25, -0.2) is 4.98 Å². The maximum atomic E-state index is 12.2. The topological polar surface area (TPSA) is 46.9 Å². The molecule has 3 rings (SSSR count). The summed E-state index contributed by atoms with van der Waals surface area (Å²) in [4.78, 5) is 16.7. The van der Waals surface area contributed by atoms with E-state index in [2.05, 4.69) is 10.3 Å². The summed E-state index contributed by atoms with van der Waals surface area (Å²) in [5.41, 5.74) is 3.04. The van der Waals surface area contributed by atoms with Gasteiger partial charge in [-0.1, -0.05) is 23.7 Å². The lowest BCUT2D eigenvalue weighted by Gasteiger charge is -2.06. The van der Waals surface area contributed by atoms with E-state index in [9.17, 15) is 4.79 Å². The van der Waals surface area contributed by atoms with Gasteiger partial charge in [-0.3, -0.25) is 4.79 Å². The predicted molar refractivity (Wildman–Crippen MR) is 84.9 cm³/mol.